The molecule has 0 unspecified atom stereocenters. The summed E-state index contributed by atoms with van der Waals surface area (Å²) in [6, 6.07) is 28.5. The van der Waals surface area contributed by atoms with Crippen molar-refractivity contribution in [3.8, 4) is 70.7 Å². The van der Waals surface area contributed by atoms with E-state index in [-0.39, 0.29) is 126 Å². The number of aliphatic hydroxyl groups excluding tert-OH is 3. The topological polar surface area (TPSA) is 333 Å². The van der Waals surface area contributed by atoms with Gasteiger partial charge in [0.2, 0.25) is 35.3 Å². The van der Waals surface area contributed by atoms with Gasteiger partial charge in [0.1, 0.15) is 91.8 Å². The highest BCUT2D eigenvalue weighted by atomic mass is 16.7. The van der Waals surface area contributed by atoms with Crippen LogP contribution in [-0.4, -0.2) is 109 Å². The first-order valence-corrected chi connectivity index (χ1v) is 23.5. The number of ether oxygens (including phenoxy) is 9. The Bertz CT molecular complexity index is 2930. The Morgan fingerprint density at radius 2 is 0.731 bits per heavy atom. The summed E-state index contributed by atoms with van der Waals surface area (Å²) in [5, 5.41) is 61.3. The van der Waals surface area contributed by atoms with E-state index in [9.17, 15) is 45.5 Å². The molecule has 0 aliphatic carbocycles. The van der Waals surface area contributed by atoms with E-state index in [0.29, 0.717) is 16.4 Å². The van der Waals surface area contributed by atoms with Gasteiger partial charge in [-0.15, -0.1) is 0 Å². The van der Waals surface area contributed by atoms with Gasteiger partial charge in [-0.05, 0) is 87.7 Å². The molecule has 0 atom stereocenters. The predicted octanol–water partition coefficient (Wildman–Crippen LogP) is 2.72. The van der Waals surface area contributed by atoms with Crippen LogP contribution in [0.15, 0.2) is 91.0 Å². The summed E-state index contributed by atoms with van der Waals surface area (Å²) < 4.78 is 69.0. The second-order valence-electron chi connectivity index (χ2n) is 16.2. The van der Waals surface area contributed by atoms with Crippen LogP contribution in [0.1, 0.15) is 54.2 Å². The third-order valence-corrected chi connectivity index (χ3v) is 10.8. The van der Waals surface area contributed by atoms with Crippen LogP contribution in [0.3, 0.4) is 0 Å². The van der Waals surface area contributed by atoms with Gasteiger partial charge in [-0.3, -0.25) is 14.4 Å². The van der Waals surface area contributed by atoms with Crippen LogP contribution in [0.2, 0.25) is 0 Å². The van der Waals surface area contributed by atoms with Gasteiger partial charge in [0.25, 0.3) is 0 Å². The molecule has 1 aliphatic heterocycles. The summed E-state index contributed by atoms with van der Waals surface area (Å²) in [5.74, 6) is -1.01. The number of nitriles is 3. The molecule has 0 saturated carbocycles. The Morgan fingerprint density at radius 3 is 0.974 bits per heavy atom. The molecule has 396 valence electrons. The zero-order chi connectivity index (χ0) is 55.6. The number of hydrogen-bond donors (Lipinski definition) is 3. The van der Waals surface area contributed by atoms with E-state index in [0.717, 1.165) is 0 Å². The van der Waals surface area contributed by atoms with Gasteiger partial charge in [0, 0.05) is 39.0 Å². The van der Waals surface area contributed by atoms with E-state index in [2.05, 4.69) is 15.0 Å². The molecule has 0 bridgehead atoms. The highest BCUT2D eigenvalue weighted by Gasteiger charge is 2.46. The van der Waals surface area contributed by atoms with Crippen LogP contribution in [0.5, 0.6) is 52.5 Å². The van der Waals surface area contributed by atoms with E-state index in [1.807, 2.05) is 18.2 Å². The lowest BCUT2D eigenvalue weighted by molar-refractivity contribution is -0.142. The highest BCUT2D eigenvalue weighted by molar-refractivity contribution is 6.87. The smallest absolute Gasteiger partial charge is 0.467 e. The molecule has 7 rings (SSSR count). The largest absolute Gasteiger partial charge is 0.473 e. The second-order valence-corrected chi connectivity index (χ2v) is 16.2. The van der Waals surface area contributed by atoms with Crippen molar-refractivity contribution in [3.63, 3.8) is 0 Å². The molecule has 0 spiro atoms. The van der Waals surface area contributed by atoms with E-state index < -0.39 is 59.1 Å². The Morgan fingerprint density at radius 1 is 0.449 bits per heavy atom. The first-order chi connectivity index (χ1) is 37.8. The SMILES string of the molecule is CC(=O)OCCOc1nc(Oc2ccc(B3OB(c4ccc(Oc5ccc(C#N)c(OCCOC(C)=O)n5)cc4CO)OB(c4ccc(Oc5ccc(C#N)c(OCCOC(C)=O)n5)cc4CO)O3)c(CO)c2)ccc1C#N. The number of carbonyl (C=O) groups is 3. The number of benzene rings is 3. The minimum absolute atomic E-state index is 0.0275. The number of hydrogen-bond acceptors (Lipinski definition) is 24. The van der Waals surface area contributed by atoms with Gasteiger partial charge in [-0.2, -0.15) is 30.7 Å². The minimum atomic E-state index is -1.32. The zero-order valence-corrected chi connectivity index (χ0v) is 41.9. The van der Waals surface area contributed by atoms with Crippen molar-refractivity contribution in [1.82, 2.24) is 15.0 Å². The molecule has 3 aromatic heterocycles. The molecule has 24 nitrogen and oxygen atoms in total. The van der Waals surface area contributed by atoms with Crippen LogP contribution in [0.4, 0.5) is 0 Å². The van der Waals surface area contributed by atoms with E-state index in [4.69, 9.17) is 56.3 Å². The van der Waals surface area contributed by atoms with Crippen molar-refractivity contribution in [2.24, 2.45) is 0 Å². The van der Waals surface area contributed by atoms with E-state index >= 15 is 0 Å². The molecule has 78 heavy (non-hydrogen) atoms. The summed E-state index contributed by atoms with van der Waals surface area (Å²) in [6.07, 6.45) is 0. The maximum absolute atomic E-state index is 11.2. The van der Waals surface area contributed by atoms with Crippen LogP contribution < -0.4 is 44.8 Å². The van der Waals surface area contributed by atoms with Gasteiger partial charge < -0.3 is 71.7 Å². The minimum Gasteiger partial charge on any atom is -0.473 e. The fourth-order valence-corrected chi connectivity index (χ4v) is 7.27. The normalized spacial score (nSPS) is 11.8. The molecule has 3 aromatic carbocycles. The fourth-order valence-electron chi connectivity index (χ4n) is 7.27. The number of esters is 3. The van der Waals surface area contributed by atoms with Crippen molar-refractivity contribution in [2.45, 2.75) is 40.6 Å². The molecule has 0 radical (unpaired) electrons. The molecule has 3 N–H and O–H groups in total. The van der Waals surface area contributed by atoms with Crippen LogP contribution >= 0.6 is 0 Å². The molecular weight excluding hydrogens is 1020 g/mol. The molecule has 1 fully saturated rings. The monoisotopic (exact) mass is 1060 g/mol. The third-order valence-electron chi connectivity index (χ3n) is 10.8. The first kappa shape index (κ1) is 56.5. The molecule has 1 saturated heterocycles. The molecule has 0 amide bonds. The zero-order valence-electron chi connectivity index (χ0n) is 41.9. The maximum atomic E-state index is 11.2. The Hall–Kier alpha value is -9.26. The van der Waals surface area contributed by atoms with Crippen LogP contribution in [0, 0.1) is 34.0 Å². The number of aromatic nitrogens is 3. The fraction of sp³-hybridized carbons (Fsp3) is 0.235. The van der Waals surface area contributed by atoms with Gasteiger partial charge in [-0.1, -0.05) is 18.2 Å². The molecule has 1 aliphatic rings. The Labute approximate surface area is 446 Å². The number of rotatable bonds is 24. The lowest BCUT2D eigenvalue weighted by atomic mass is 9.59. The summed E-state index contributed by atoms with van der Waals surface area (Å²) in [4.78, 5) is 46.5. The lowest BCUT2D eigenvalue weighted by Gasteiger charge is -2.33. The van der Waals surface area contributed by atoms with Gasteiger partial charge in [-0.25, -0.2) is 0 Å². The van der Waals surface area contributed by atoms with Crippen LogP contribution in [0.25, 0.3) is 0 Å². The maximum Gasteiger partial charge on any atom is 0.467 e. The van der Waals surface area contributed by atoms with Crippen molar-refractivity contribution in [2.75, 3.05) is 39.6 Å². The van der Waals surface area contributed by atoms with Crippen molar-refractivity contribution < 1.29 is 86.1 Å². The van der Waals surface area contributed by atoms with Crippen molar-refractivity contribution in [3.05, 3.63) is 124 Å². The quantitative estimate of drug-likeness (QED) is 0.0339. The molecular formula is C51H45B3N6O18. The predicted molar refractivity (Wildman–Crippen MR) is 270 cm³/mol. The van der Waals surface area contributed by atoms with E-state index in [1.54, 1.807) is 36.4 Å². The Balaban J connectivity index is 1.19. The molecule has 6 aromatic rings. The average molecular weight is 1060 g/mol. The Kier molecular flexibility index (Phi) is 19.9. The van der Waals surface area contributed by atoms with Gasteiger partial charge in [0.15, 0.2) is 0 Å². The first-order valence-electron chi connectivity index (χ1n) is 23.5. The van der Waals surface area contributed by atoms with Gasteiger partial charge >= 0.3 is 39.3 Å². The highest BCUT2D eigenvalue weighted by Crippen LogP contribution is 2.29. The summed E-state index contributed by atoms with van der Waals surface area (Å²) in [7, 11) is -3.95. The van der Waals surface area contributed by atoms with Crippen molar-refractivity contribution in [1.29, 1.82) is 15.8 Å². The summed E-state index contributed by atoms with van der Waals surface area (Å²) in [5.41, 5.74) is 2.07. The summed E-state index contributed by atoms with van der Waals surface area (Å²) >= 11 is 0. The molecule has 27 heteroatoms. The number of nitrogens with zero attached hydrogens (tertiary/aromatic N) is 6. The molecule has 4 heterocycles. The second kappa shape index (κ2) is 27.5. The lowest BCUT2D eigenvalue weighted by Crippen LogP contribution is -2.62. The number of pyridine rings is 3. The van der Waals surface area contributed by atoms with E-state index in [1.165, 1.54) is 75.4 Å². The third kappa shape index (κ3) is 15.2. The summed E-state index contributed by atoms with van der Waals surface area (Å²) in [6.45, 7) is 1.60. The standard InChI is InChI=1S/C51H45B3N6O18/c1-31(64)67-16-19-70-49-34(25-55)4-13-46(58-49)73-40-7-10-43(37(22-40)28-61)52-76-53(44-11-8-41(23-38(44)29-62)74-47-14-5-35(26-56)50(59-47)71-20-17-68-32(2)65)78-54(77-52)45-12-9-42(24-39(45)30-63)75-48-15-6-36(27-57)51(60-48)72-21-18-69-33(3)66/h4-15,22-24,61-63H,16-21,28-30H2,1-3H3. The average Bonchev–Trinajstić information content (AvgIpc) is 3.52. The number of carbonyl (C=O) groups excluding carboxylic acids is 3. The van der Waals surface area contributed by atoms with Crippen LogP contribution in [-0.2, 0) is 62.1 Å². The van der Waals surface area contributed by atoms with Gasteiger partial charge in [0.05, 0.1) is 19.8 Å². The van der Waals surface area contributed by atoms with Crippen molar-refractivity contribution >= 4 is 55.7 Å². The number of aliphatic hydroxyl groups is 3.